The summed E-state index contributed by atoms with van der Waals surface area (Å²) in [7, 11) is 0. The van der Waals surface area contributed by atoms with Gasteiger partial charge in [0.1, 0.15) is 23.7 Å². The third kappa shape index (κ3) is 2.82. The Kier molecular flexibility index (Phi) is 3.99. The Morgan fingerprint density at radius 3 is 2.76 bits per heavy atom. The minimum Gasteiger partial charge on any atom is -0.486 e. The largest absolute Gasteiger partial charge is 0.486 e. The van der Waals surface area contributed by atoms with Gasteiger partial charge in [-0.05, 0) is 36.8 Å². The van der Waals surface area contributed by atoms with E-state index in [1.54, 1.807) is 0 Å². The van der Waals surface area contributed by atoms with Gasteiger partial charge in [0, 0.05) is 22.0 Å². The molecule has 0 bridgehead atoms. The summed E-state index contributed by atoms with van der Waals surface area (Å²) < 4.78 is 12.8. The number of hydrogen-bond acceptors (Lipinski definition) is 3. The second-order valence-electron chi connectivity index (χ2n) is 4.90. The second kappa shape index (κ2) is 5.92. The standard InChI is InChI=1S/C17H16BrNO2/c1-11-8-12(6-7-15(11)18)20-10-17-14(9-19)13-4-2-3-5-16(13)21-17/h2-8H,9-10,19H2,1H3. The number of nitrogens with two attached hydrogens (primary N) is 1. The van der Waals surface area contributed by atoms with Gasteiger partial charge in [0.25, 0.3) is 0 Å². The second-order valence-corrected chi connectivity index (χ2v) is 5.76. The molecule has 0 spiro atoms. The third-order valence-corrected chi connectivity index (χ3v) is 4.38. The lowest BCUT2D eigenvalue weighted by Crippen LogP contribution is -2.02. The number of fused-ring (bicyclic) bond motifs is 1. The zero-order chi connectivity index (χ0) is 14.8. The Morgan fingerprint density at radius 1 is 1.19 bits per heavy atom. The maximum atomic E-state index is 5.85. The molecular formula is C17H16BrNO2. The predicted molar refractivity (Wildman–Crippen MR) is 87.3 cm³/mol. The zero-order valence-electron chi connectivity index (χ0n) is 11.7. The summed E-state index contributed by atoms with van der Waals surface area (Å²) in [6, 6.07) is 13.8. The maximum absolute atomic E-state index is 5.85. The van der Waals surface area contributed by atoms with Crippen molar-refractivity contribution >= 4 is 26.9 Å². The van der Waals surface area contributed by atoms with Crippen LogP contribution < -0.4 is 10.5 Å². The smallest absolute Gasteiger partial charge is 0.147 e. The molecule has 21 heavy (non-hydrogen) atoms. The summed E-state index contributed by atoms with van der Waals surface area (Å²) in [4.78, 5) is 0. The van der Waals surface area contributed by atoms with Gasteiger partial charge in [-0.15, -0.1) is 0 Å². The van der Waals surface area contributed by atoms with Crippen molar-refractivity contribution in [1.82, 2.24) is 0 Å². The molecule has 1 aromatic heterocycles. The van der Waals surface area contributed by atoms with Crippen LogP contribution in [0.2, 0.25) is 0 Å². The van der Waals surface area contributed by atoms with Gasteiger partial charge in [-0.25, -0.2) is 0 Å². The minimum atomic E-state index is 0.377. The predicted octanol–water partition coefficient (Wildman–Crippen LogP) is 4.54. The van der Waals surface area contributed by atoms with Gasteiger partial charge in [0.2, 0.25) is 0 Å². The molecule has 3 rings (SSSR count). The van der Waals surface area contributed by atoms with E-state index in [2.05, 4.69) is 15.9 Å². The molecule has 3 aromatic rings. The van der Waals surface area contributed by atoms with Gasteiger partial charge in [0.15, 0.2) is 0 Å². The highest BCUT2D eigenvalue weighted by Gasteiger charge is 2.13. The van der Waals surface area contributed by atoms with Crippen molar-refractivity contribution in [2.45, 2.75) is 20.1 Å². The molecule has 4 heteroatoms. The number of rotatable bonds is 4. The average Bonchev–Trinajstić information content (AvgIpc) is 2.86. The van der Waals surface area contributed by atoms with Crippen molar-refractivity contribution in [2.24, 2.45) is 5.73 Å². The summed E-state index contributed by atoms with van der Waals surface area (Å²) in [6.07, 6.45) is 0. The molecular weight excluding hydrogens is 330 g/mol. The topological polar surface area (TPSA) is 48.4 Å². The maximum Gasteiger partial charge on any atom is 0.147 e. The molecule has 108 valence electrons. The first-order valence-corrected chi connectivity index (χ1v) is 7.56. The average molecular weight is 346 g/mol. The molecule has 0 atom stereocenters. The summed E-state index contributed by atoms with van der Waals surface area (Å²) in [5.41, 5.74) is 8.85. The fourth-order valence-corrected chi connectivity index (χ4v) is 2.59. The van der Waals surface area contributed by atoms with Gasteiger partial charge in [-0.2, -0.15) is 0 Å². The van der Waals surface area contributed by atoms with E-state index in [9.17, 15) is 0 Å². The molecule has 0 saturated carbocycles. The van der Waals surface area contributed by atoms with Gasteiger partial charge in [-0.3, -0.25) is 0 Å². The van der Waals surface area contributed by atoms with Gasteiger partial charge in [0.05, 0.1) is 0 Å². The van der Waals surface area contributed by atoms with E-state index in [4.69, 9.17) is 14.9 Å². The number of ether oxygens (including phenoxy) is 1. The minimum absolute atomic E-state index is 0.377. The fourth-order valence-electron chi connectivity index (χ4n) is 2.35. The molecule has 1 heterocycles. The molecule has 0 amide bonds. The summed E-state index contributed by atoms with van der Waals surface area (Å²) in [5, 5.41) is 1.06. The Balaban J connectivity index is 1.86. The number of furan rings is 1. The first-order valence-electron chi connectivity index (χ1n) is 6.77. The molecule has 0 aliphatic rings. The quantitative estimate of drug-likeness (QED) is 0.754. The van der Waals surface area contributed by atoms with Gasteiger partial charge >= 0.3 is 0 Å². The Labute approximate surface area is 131 Å². The SMILES string of the molecule is Cc1cc(OCc2oc3ccccc3c2CN)ccc1Br. The van der Waals surface area contributed by atoms with Crippen molar-refractivity contribution in [3.63, 3.8) is 0 Å². The van der Waals surface area contributed by atoms with E-state index in [-0.39, 0.29) is 0 Å². The molecule has 0 aliphatic carbocycles. The van der Waals surface area contributed by atoms with Crippen molar-refractivity contribution in [1.29, 1.82) is 0 Å². The molecule has 0 saturated heterocycles. The lowest BCUT2D eigenvalue weighted by molar-refractivity contribution is 0.272. The van der Waals surface area contributed by atoms with Crippen molar-refractivity contribution in [3.8, 4) is 5.75 Å². The van der Waals surface area contributed by atoms with Crippen LogP contribution in [-0.2, 0) is 13.2 Å². The lowest BCUT2D eigenvalue weighted by atomic mass is 10.1. The van der Waals surface area contributed by atoms with Crippen LogP contribution in [0, 0.1) is 6.92 Å². The number of para-hydroxylation sites is 1. The molecule has 0 unspecified atom stereocenters. The Bertz CT molecular complexity index is 780. The van der Waals surface area contributed by atoms with Crippen LogP contribution in [0.3, 0.4) is 0 Å². The van der Waals surface area contributed by atoms with Gasteiger partial charge in [-0.1, -0.05) is 34.1 Å². The molecule has 0 radical (unpaired) electrons. The summed E-state index contributed by atoms with van der Waals surface area (Å²) >= 11 is 3.48. The molecule has 2 N–H and O–H groups in total. The Morgan fingerprint density at radius 2 is 2.00 bits per heavy atom. The van der Waals surface area contributed by atoms with Crippen LogP contribution in [-0.4, -0.2) is 0 Å². The normalized spacial score (nSPS) is 11.0. The van der Waals surface area contributed by atoms with Crippen molar-refractivity contribution in [2.75, 3.05) is 0 Å². The number of halogens is 1. The number of benzene rings is 2. The van der Waals surface area contributed by atoms with E-state index in [0.717, 1.165) is 38.1 Å². The van der Waals surface area contributed by atoms with Crippen LogP contribution in [0.25, 0.3) is 11.0 Å². The van der Waals surface area contributed by atoms with Crippen LogP contribution in [0.15, 0.2) is 51.4 Å². The molecule has 0 aliphatic heterocycles. The first-order chi connectivity index (χ1) is 10.2. The molecule has 2 aromatic carbocycles. The van der Waals surface area contributed by atoms with E-state index in [1.807, 2.05) is 49.4 Å². The Hall–Kier alpha value is -1.78. The third-order valence-electron chi connectivity index (χ3n) is 3.49. The van der Waals surface area contributed by atoms with E-state index < -0.39 is 0 Å². The molecule has 3 nitrogen and oxygen atoms in total. The van der Waals surface area contributed by atoms with Crippen LogP contribution >= 0.6 is 15.9 Å². The van der Waals surface area contributed by atoms with E-state index in [1.165, 1.54) is 0 Å². The molecule has 0 fully saturated rings. The number of hydrogen-bond donors (Lipinski definition) is 1. The van der Waals surface area contributed by atoms with Gasteiger partial charge < -0.3 is 14.9 Å². The van der Waals surface area contributed by atoms with Crippen LogP contribution in [0.5, 0.6) is 5.75 Å². The van der Waals surface area contributed by atoms with Crippen molar-refractivity contribution < 1.29 is 9.15 Å². The van der Waals surface area contributed by atoms with Crippen LogP contribution in [0.4, 0.5) is 0 Å². The highest BCUT2D eigenvalue weighted by molar-refractivity contribution is 9.10. The van der Waals surface area contributed by atoms with Crippen LogP contribution in [0.1, 0.15) is 16.9 Å². The fraction of sp³-hybridized carbons (Fsp3) is 0.176. The van der Waals surface area contributed by atoms with Crippen molar-refractivity contribution in [3.05, 3.63) is 63.8 Å². The number of aryl methyl sites for hydroxylation is 1. The first kappa shape index (κ1) is 14.2. The van der Waals surface area contributed by atoms with E-state index in [0.29, 0.717) is 13.2 Å². The summed E-state index contributed by atoms with van der Waals surface area (Å²) in [5.74, 6) is 1.61. The highest BCUT2D eigenvalue weighted by Crippen LogP contribution is 2.27. The monoisotopic (exact) mass is 345 g/mol. The lowest BCUT2D eigenvalue weighted by Gasteiger charge is -2.07. The highest BCUT2D eigenvalue weighted by atomic mass is 79.9. The zero-order valence-corrected chi connectivity index (χ0v) is 13.3. The van der Waals surface area contributed by atoms with E-state index >= 15 is 0 Å². The summed E-state index contributed by atoms with van der Waals surface area (Å²) in [6.45, 7) is 2.85.